The van der Waals surface area contributed by atoms with Crippen molar-refractivity contribution in [1.29, 1.82) is 0 Å². The van der Waals surface area contributed by atoms with Crippen LogP contribution < -0.4 is 19.5 Å². The molecule has 5 aromatic rings. The van der Waals surface area contributed by atoms with Gasteiger partial charge in [-0.15, -0.1) is 11.3 Å². The van der Waals surface area contributed by atoms with Crippen LogP contribution in [0.5, 0.6) is 23.0 Å². The number of carbonyl (C=O) groups excluding carboxylic acids is 1. The summed E-state index contributed by atoms with van der Waals surface area (Å²) in [7, 11) is 3.07. The maximum atomic E-state index is 14.9. The molecule has 2 aromatic heterocycles. The molecule has 0 saturated heterocycles. The lowest BCUT2D eigenvalue weighted by molar-refractivity contribution is 0.102. The number of fused-ring (bicyclic) bond motifs is 1. The highest BCUT2D eigenvalue weighted by Crippen LogP contribution is 2.37. The molecule has 1 amide bonds. The normalized spacial score (nSPS) is 10.8. The molecule has 180 valence electrons. The van der Waals surface area contributed by atoms with E-state index >= 15 is 0 Å². The zero-order valence-electron chi connectivity index (χ0n) is 19.3. The van der Waals surface area contributed by atoms with Crippen LogP contribution in [0.2, 0.25) is 0 Å². The summed E-state index contributed by atoms with van der Waals surface area (Å²) in [5, 5.41) is 5.71. The van der Waals surface area contributed by atoms with Crippen LogP contribution in [0.15, 0.2) is 78.3 Å². The Hall–Kier alpha value is -4.50. The number of aromatic nitrogens is 2. The molecule has 0 saturated carbocycles. The molecular formula is C27H20FN3O4S. The third kappa shape index (κ3) is 4.69. The van der Waals surface area contributed by atoms with E-state index in [1.807, 2.05) is 30.3 Å². The molecule has 36 heavy (non-hydrogen) atoms. The van der Waals surface area contributed by atoms with Gasteiger partial charge in [-0.1, -0.05) is 30.3 Å². The lowest BCUT2D eigenvalue weighted by Crippen LogP contribution is -2.12. The average Bonchev–Trinajstić information content (AvgIpc) is 3.41. The second-order valence-electron chi connectivity index (χ2n) is 7.64. The highest BCUT2D eigenvalue weighted by molar-refractivity contribution is 7.13. The smallest absolute Gasteiger partial charge is 0.275 e. The number of rotatable bonds is 7. The molecule has 0 aliphatic carbocycles. The van der Waals surface area contributed by atoms with E-state index in [1.165, 1.54) is 37.7 Å². The quantitative estimate of drug-likeness (QED) is 0.272. The Balaban J connectivity index is 1.34. The summed E-state index contributed by atoms with van der Waals surface area (Å²) >= 11 is 1.37. The fourth-order valence-corrected chi connectivity index (χ4v) is 4.41. The van der Waals surface area contributed by atoms with Crippen molar-refractivity contribution in [2.75, 3.05) is 19.5 Å². The van der Waals surface area contributed by atoms with Gasteiger partial charge in [0.25, 0.3) is 5.91 Å². The van der Waals surface area contributed by atoms with Crippen LogP contribution >= 0.6 is 11.3 Å². The summed E-state index contributed by atoms with van der Waals surface area (Å²) in [6.45, 7) is 0. The number of amides is 1. The predicted octanol–water partition coefficient (Wildman–Crippen LogP) is 6.56. The summed E-state index contributed by atoms with van der Waals surface area (Å²) in [6, 6.07) is 18.9. The van der Waals surface area contributed by atoms with Gasteiger partial charge < -0.3 is 19.5 Å². The van der Waals surface area contributed by atoms with Crippen molar-refractivity contribution in [3.8, 4) is 33.6 Å². The molecule has 0 atom stereocenters. The summed E-state index contributed by atoms with van der Waals surface area (Å²) in [4.78, 5) is 21.4. The van der Waals surface area contributed by atoms with Crippen LogP contribution in [0.3, 0.4) is 0 Å². The minimum absolute atomic E-state index is 0.00435. The molecule has 0 spiro atoms. The number of methoxy groups -OCH3 is 2. The van der Waals surface area contributed by atoms with Crippen molar-refractivity contribution in [1.82, 2.24) is 9.97 Å². The van der Waals surface area contributed by atoms with Crippen LogP contribution in [0.4, 0.5) is 10.1 Å². The number of hydrogen-bond acceptors (Lipinski definition) is 7. The van der Waals surface area contributed by atoms with Gasteiger partial charge in [0.1, 0.15) is 16.5 Å². The minimum atomic E-state index is -0.638. The maximum absolute atomic E-state index is 14.9. The molecule has 0 unspecified atom stereocenters. The first-order chi connectivity index (χ1) is 17.6. The number of pyridine rings is 1. The van der Waals surface area contributed by atoms with Crippen molar-refractivity contribution >= 4 is 33.8 Å². The van der Waals surface area contributed by atoms with Gasteiger partial charge in [-0.25, -0.2) is 9.37 Å². The van der Waals surface area contributed by atoms with Crippen LogP contribution in [0.1, 0.15) is 10.5 Å². The van der Waals surface area contributed by atoms with Crippen molar-refractivity contribution < 1.29 is 23.4 Å². The Morgan fingerprint density at radius 1 is 0.917 bits per heavy atom. The van der Waals surface area contributed by atoms with E-state index in [1.54, 1.807) is 35.8 Å². The van der Waals surface area contributed by atoms with Gasteiger partial charge in [0.15, 0.2) is 23.1 Å². The number of nitrogens with one attached hydrogen (secondary N) is 1. The summed E-state index contributed by atoms with van der Waals surface area (Å²) in [6.07, 6.45) is 1.56. The first-order valence-electron chi connectivity index (χ1n) is 10.9. The van der Waals surface area contributed by atoms with Crippen molar-refractivity contribution in [3.05, 3.63) is 89.8 Å². The first-order valence-corrected chi connectivity index (χ1v) is 11.7. The second kappa shape index (κ2) is 10.0. The molecular weight excluding hydrogens is 481 g/mol. The first kappa shape index (κ1) is 23.3. The summed E-state index contributed by atoms with van der Waals surface area (Å²) in [5.74, 6) is 0.350. The minimum Gasteiger partial charge on any atom is -0.493 e. The number of ether oxygens (including phenoxy) is 3. The van der Waals surface area contributed by atoms with Gasteiger partial charge in [-0.2, -0.15) is 0 Å². The van der Waals surface area contributed by atoms with Crippen LogP contribution in [0.25, 0.3) is 21.5 Å². The Bertz CT molecular complexity index is 1560. The average molecular weight is 502 g/mol. The Morgan fingerprint density at radius 3 is 2.44 bits per heavy atom. The molecule has 9 heteroatoms. The standard InChI is InChI=1S/C27H20FN3O4S/c1-33-24-13-18-20(14-25(24)34-2)29-11-10-22(18)35-23-9-8-17(12-19(23)28)30-26(32)21-15-36-27(31-21)16-6-4-3-5-7-16/h3-15H,1-2H3,(H,30,32). The molecule has 0 aliphatic rings. The van der Waals surface area contributed by atoms with Gasteiger partial charge >= 0.3 is 0 Å². The summed E-state index contributed by atoms with van der Waals surface area (Å²) in [5.41, 5.74) is 2.07. The third-order valence-corrected chi connectivity index (χ3v) is 6.27. The SMILES string of the molecule is COc1cc2nccc(Oc3ccc(NC(=O)c4csc(-c5ccccc5)n4)cc3F)c2cc1OC. The molecule has 7 nitrogen and oxygen atoms in total. The lowest BCUT2D eigenvalue weighted by Gasteiger charge is -2.13. The van der Waals surface area contributed by atoms with E-state index in [2.05, 4.69) is 15.3 Å². The fraction of sp³-hybridized carbons (Fsp3) is 0.0741. The molecule has 2 heterocycles. The Labute approximate surface area is 210 Å². The number of nitrogens with zero attached hydrogens (tertiary/aromatic N) is 2. The van der Waals surface area contributed by atoms with Gasteiger partial charge in [-0.05, 0) is 24.3 Å². The summed E-state index contributed by atoms with van der Waals surface area (Å²) < 4.78 is 31.5. The largest absolute Gasteiger partial charge is 0.493 e. The number of hydrogen-bond donors (Lipinski definition) is 1. The van der Waals surface area contributed by atoms with Crippen molar-refractivity contribution in [2.45, 2.75) is 0 Å². The van der Waals surface area contributed by atoms with E-state index in [4.69, 9.17) is 14.2 Å². The van der Waals surface area contributed by atoms with Crippen molar-refractivity contribution in [2.24, 2.45) is 0 Å². The number of halogens is 1. The van der Waals surface area contributed by atoms with Gasteiger partial charge in [0.05, 0.1) is 19.7 Å². The lowest BCUT2D eigenvalue weighted by atomic mass is 10.2. The van der Waals surface area contributed by atoms with E-state index < -0.39 is 11.7 Å². The molecule has 3 aromatic carbocycles. The molecule has 5 rings (SSSR count). The monoisotopic (exact) mass is 501 g/mol. The predicted molar refractivity (Wildman–Crippen MR) is 137 cm³/mol. The van der Waals surface area contributed by atoms with Gasteiger partial charge in [-0.3, -0.25) is 9.78 Å². The Morgan fingerprint density at radius 2 is 1.69 bits per heavy atom. The van der Waals surface area contributed by atoms with Gasteiger partial charge in [0, 0.05) is 40.3 Å². The fourth-order valence-electron chi connectivity index (χ4n) is 3.60. The molecule has 0 fully saturated rings. The molecule has 1 N–H and O–H groups in total. The maximum Gasteiger partial charge on any atom is 0.275 e. The number of anilines is 1. The number of thiazole rings is 1. The highest BCUT2D eigenvalue weighted by Gasteiger charge is 2.15. The third-order valence-electron chi connectivity index (χ3n) is 5.37. The number of benzene rings is 3. The van der Waals surface area contributed by atoms with E-state index in [-0.39, 0.29) is 17.1 Å². The number of carbonyl (C=O) groups is 1. The van der Waals surface area contributed by atoms with Crippen LogP contribution in [-0.4, -0.2) is 30.1 Å². The molecule has 0 aliphatic heterocycles. The van der Waals surface area contributed by atoms with Crippen LogP contribution in [-0.2, 0) is 0 Å². The van der Waals surface area contributed by atoms with E-state index in [0.29, 0.717) is 28.2 Å². The van der Waals surface area contributed by atoms with Crippen molar-refractivity contribution in [3.63, 3.8) is 0 Å². The second-order valence-corrected chi connectivity index (χ2v) is 8.50. The van der Waals surface area contributed by atoms with E-state index in [9.17, 15) is 9.18 Å². The van der Waals surface area contributed by atoms with Gasteiger partial charge in [0.2, 0.25) is 0 Å². The molecule has 0 radical (unpaired) electrons. The van der Waals surface area contributed by atoms with Crippen LogP contribution in [0, 0.1) is 5.82 Å². The zero-order valence-corrected chi connectivity index (χ0v) is 20.1. The topological polar surface area (TPSA) is 82.6 Å². The Kier molecular flexibility index (Phi) is 6.46. The highest BCUT2D eigenvalue weighted by atomic mass is 32.1. The zero-order chi connectivity index (χ0) is 25.1. The molecule has 0 bridgehead atoms. The van der Waals surface area contributed by atoms with E-state index in [0.717, 1.165) is 10.6 Å².